The number of carbonyl (C=O) groups excluding carboxylic acids is 1. The molecule has 0 unspecified atom stereocenters. The van der Waals surface area contributed by atoms with Crippen LogP contribution in [0.4, 0.5) is 10.1 Å². The molecule has 4 aromatic rings. The Labute approximate surface area is 163 Å². The molecule has 28 heavy (non-hydrogen) atoms. The molecule has 3 aromatic heterocycles. The number of nitrogens with one attached hydrogen (secondary N) is 2. The molecule has 140 valence electrons. The molecule has 0 saturated heterocycles. The van der Waals surface area contributed by atoms with E-state index >= 15 is 0 Å². The van der Waals surface area contributed by atoms with Crippen molar-refractivity contribution >= 4 is 28.7 Å². The van der Waals surface area contributed by atoms with Gasteiger partial charge >= 0.3 is 0 Å². The average Bonchev–Trinajstić information content (AvgIpc) is 3.26. The van der Waals surface area contributed by atoms with E-state index in [0.29, 0.717) is 22.8 Å². The molecule has 0 bridgehead atoms. The molecule has 1 aliphatic rings. The number of H-pyrrole nitrogens is 1. The van der Waals surface area contributed by atoms with Gasteiger partial charge in [-0.25, -0.2) is 8.91 Å². The summed E-state index contributed by atoms with van der Waals surface area (Å²) in [5, 5.41) is 15.1. The number of hydrogen-bond acceptors (Lipinski definition) is 4. The van der Waals surface area contributed by atoms with E-state index in [0.717, 1.165) is 24.7 Å². The number of amides is 1. The van der Waals surface area contributed by atoms with Crippen molar-refractivity contribution < 1.29 is 9.18 Å². The quantitative estimate of drug-likeness (QED) is 0.545. The normalized spacial score (nSPS) is 13.8. The minimum Gasteiger partial charge on any atom is -0.325 e. The Kier molecular flexibility index (Phi) is 3.87. The van der Waals surface area contributed by atoms with Crippen LogP contribution in [0.2, 0.25) is 5.02 Å². The van der Waals surface area contributed by atoms with Crippen molar-refractivity contribution in [3.8, 4) is 11.4 Å². The van der Waals surface area contributed by atoms with Gasteiger partial charge in [0.25, 0.3) is 5.91 Å². The lowest BCUT2D eigenvalue weighted by atomic mass is 10.1. The largest absolute Gasteiger partial charge is 0.325 e. The highest BCUT2D eigenvalue weighted by Gasteiger charge is 2.28. The first-order chi connectivity index (χ1) is 13.6. The summed E-state index contributed by atoms with van der Waals surface area (Å²) in [4.78, 5) is 15.8. The van der Waals surface area contributed by atoms with Gasteiger partial charge in [-0.05, 0) is 37.1 Å². The minimum atomic E-state index is -0.544. The van der Waals surface area contributed by atoms with Gasteiger partial charge in [0.2, 0.25) is 0 Å². The van der Waals surface area contributed by atoms with Crippen LogP contribution in [0.3, 0.4) is 0 Å². The molecule has 3 heterocycles. The Morgan fingerprint density at radius 2 is 2.14 bits per heavy atom. The third-order valence-electron chi connectivity index (χ3n) is 4.70. The average molecular weight is 397 g/mol. The maximum atomic E-state index is 14.5. The van der Waals surface area contributed by atoms with Crippen LogP contribution in [0.5, 0.6) is 0 Å². The Hall–Kier alpha value is -3.26. The summed E-state index contributed by atoms with van der Waals surface area (Å²) >= 11 is 6.16. The molecule has 0 aliphatic heterocycles. The number of benzene rings is 1. The number of rotatable bonds is 4. The maximum absolute atomic E-state index is 14.5. The second-order valence-electron chi connectivity index (χ2n) is 6.69. The van der Waals surface area contributed by atoms with Crippen LogP contribution in [-0.4, -0.2) is 30.7 Å². The van der Waals surface area contributed by atoms with E-state index in [2.05, 4.69) is 25.6 Å². The fourth-order valence-corrected chi connectivity index (χ4v) is 3.26. The number of aromatic nitrogens is 5. The van der Waals surface area contributed by atoms with Gasteiger partial charge in [-0.2, -0.15) is 5.10 Å². The second-order valence-corrected chi connectivity index (χ2v) is 7.10. The lowest BCUT2D eigenvalue weighted by Gasteiger charge is -2.09. The Bertz CT molecular complexity index is 1210. The first-order valence-electron chi connectivity index (χ1n) is 8.76. The molecule has 0 spiro atoms. The highest BCUT2D eigenvalue weighted by atomic mass is 35.5. The summed E-state index contributed by atoms with van der Waals surface area (Å²) in [5.41, 5.74) is 1.52. The van der Waals surface area contributed by atoms with E-state index < -0.39 is 11.7 Å². The molecule has 0 atom stereocenters. The molecule has 1 aromatic carbocycles. The number of nitrogens with zero attached hydrogens (tertiary/aromatic N) is 4. The van der Waals surface area contributed by atoms with Crippen LogP contribution in [0.25, 0.3) is 16.9 Å². The fraction of sp³-hybridized carbons (Fsp3) is 0.158. The maximum Gasteiger partial charge on any atom is 0.259 e. The molecule has 0 radical (unpaired) electrons. The Balaban J connectivity index is 1.48. The molecule has 2 N–H and O–H groups in total. The first-order valence-corrected chi connectivity index (χ1v) is 9.13. The van der Waals surface area contributed by atoms with Gasteiger partial charge in [-0.3, -0.25) is 4.79 Å². The van der Waals surface area contributed by atoms with Crippen molar-refractivity contribution in [2.75, 3.05) is 5.32 Å². The number of anilines is 1. The molecule has 5 rings (SSSR count). The zero-order chi connectivity index (χ0) is 19.3. The number of aromatic amines is 1. The second kappa shape index (κ2) is 6.42. The summed E-state index contributed by atoms with van der Waals surface area (Å²) in [5.74, 6) is 0.490. The lowest BCUT2D eigenvalue weighted by molar-refractivity contribution is 0.102. The predicted octanol–water partition coefficient (Wildman–Crippen LogP) is 4.04. The summed E-state index contributed by atoms with van der Waals surface area (Å²) < 4.78 is 16.1. The van der Waals surface area contributed by atoms with Gasteiger partial charge in [0.1, 0.15) is 11.6 Å². The predicted molar refractivity (Wildman–Crippen MR) is 102 cm³/mol. The smallest absolute Gasteiger partial charge is 0.259 e. The molecular formula is C19H14ClFN6O. The SMILES string of the molecule is O=C(Nc1cc(-c2nnc(C3CC3)[nH]2)c(F)cc1Cl)c1cnn2ccccc12. The van der Waals surface area contributed by atoms with Gasteiger partial charge in [-0.15, -0.1) is 10.2 Å². The van der Waals surface area contributed by atoms with Gasteiger partial charge < -0.3 is 10.3 Å². The molecule has 7 nitrogen and oxygen atoms in total. The number of pyridine rings is 1. The van der Waals surface area contributed by atoms with Gasteiger partial charge in [0, 0.05) is 12.1 Å². The van der Waals surface area contributed by atoms with Crippen LogP contribution < -0.4 is 5.32 Å². The lowest BCUT2D eigenvalue weighted by Crippen LogP contribution is -2.12. The zero-order valence-electron chi connectivity index (χ0n) is 14.5. The van der Waals surface area contributed by atoms with Crippen molar-refractivity contribution in [1.29, 1.82) is 0 Å². The van der Waals surface area contributed by atoms with Crippen LogP contribution in [-0.2, 0) is 0 Å². The summed E-state index contributed by atoms with van der Waals surface area (Å²) in [6, 6.07) is 8.03. The highest BCUT2D eigenvalue weighted by Crippen LogP contribution is 2.39. The van der Waals surface area contributed by atoms with Crippen molar-refractivity contribution in [3.05, 3.63) is 65.0 Å². The number of halogens is 2. The number of carbonyl (C=O) groups is 1. The zero-order valence-corrected chi connectivity index (χ0v) is 15.2. The van der Waals surface area contributed by atoms with E-state index in [1.165, 1.54) is 12.3 Å². The monoisotopic (exact) mass is 396 g/mol. The Morgan fingerprint density at radius 3 is 2.96 bits per heavy atom. The highest BCUT2D eigenvalue weighted by molar-refractivity contribution is 6.34. The third kappa shape index (κ3) is 2.91. The van der Waals surface area contributed by atoms with Gasteiger partial charge in [-0.1, -0.05) is 17.7 Å². The standard InChI is InChI=1S/C19H14ClFN6O/c20-13-8-14(21)11(18-24-17(25-26-18)10-4-5-10)7-15(13)23-19(28)12-9-22-27-6-2-1-3-16(12)27/h1-3,6-10H,4-5H2,(H,23,28)(H,24,25,26). The molecule has 9 heteroatoms. The molecule has 1 fully saturated rings. The van der Waals surface area contributed by atoms with Crippen molar-refractivity contribution in [3.63, 3.8) is 0 Å². The molecule has 1 aliphatic carbocycles. The molecule has 1 saturated carbocycles. The summed E-state index contributed by atoms with van der Waals surface area (Å²) in [7, 11) is 0. The third-order valence-corrected chi connectivity index (χ3v) is 5.01. The molecule has 1 amide bonds. The van der Waals surface area contributed by atoms with Crippen LogP contribution in [0, 0.1) is 5.82 Å². The molecular weight excluding hydrogens is 383 g/mol. The van der Waals surface area contributed by atoms with Crippen molar-refractivity contribution in [1.82, 2.24) is 24.8 Å². The van der Waals surface area contributed by atoms with Crippen LogP contribution in [0.15, 0.2) is 42.7 Å². The topological polar surface area (TPSA) is 88.0 Å². The summed E-state index contributed by atoms with van der Waals surface area (Å²) in [6.07, 6.45) is 5.33. The minimum absolute atomic E-state index is 0.0907. The van der Waals surface area contributed by atoms with E-state index in [1.807, 2.05) is 12.1 Å². The number of fused-ring (bicyclic) bond motifs is 1. The number of hydrogen-bond donors (Lipinski definition) is 2. The van der Waals surface area contributed by atoms with E-state index in [9.17, 15) is 9.18 Å². The fourth-order valence-electron chi connectivity index (χ4n) is 3.06. The Morgan fingerprint density at radius 1 is 1.29 bits per heavy atom. The van der Waals surface area contributed by atoms with E-state index in [-0.39, 0.29) is 16.3 Å². The van der Waals surface area contributed by atoms with Gasteiger partial charge in [0.15, 0.2) is 5.82 Å². The summed E-state index contributed by atoms with van der Waals surface area (Å²) in [6.45, 7) is 0. The van der Waals surface area contributed by atoms with Crippen molar-refractivity contribution in [2.24, 2.45) is 0 Å². The van der Waals surface area contributed by atoms with Gasteiger partial charge in [0.05, 0.1) is 33.6 Å². The van der Waals surface area contributed by atoms with Crippen LogP contribution >= 0.6 is 11.6 Å². The van der Waals surface area contributed by atoms with E-state index in [1.54, 1.807) is 16.8 Å². The van der Waals surface area contributed by atoms with E-state index in [4.69, 9.17) is 11.6 Å². The van der Waals surface area contributed by atoms with Crippen LogP contribution in [0.1, 0.15) is 34.9 Å². The first kappa shape index (κ1) is 16.9. The van der Waals surface area contributed by atoms with Crippen molar-refractivity contribution in [2.45, 2.75) is 18.8 Å².